The number of allylic oxidation sites excluding steroid dienone is 2. The molecule has 0 aromatic carbocycles. The number of carbonyl (C=O) groups is 3. The lowest BCUT2D eigenvalue weighted by Crippen LogP contribution is -2.56. The number of sulfonamides is 1. The zero-order chi connectivity index (χ0) is 20.3. The van der Waals surface area contributed by atoms with Crippen LogP contribution in [0.15, 0.2) is 23.1 Å². The molecule has 0 radical (unpaired) electrons. The predicted octanol–water partition coefficient (Wildman–Crippen LogP) is -0.148. The standard InChI is InChI=1S/C18H22N4O5S/c1-18(7-8-18)20-28(26,27)12-4-5-14-13(9-12)16(24)22(17(25)21(14)2)10-11-3-6-15(23)19-11/h4-5,9,11,13,20H,3,6-8,10H2,1-2H3/p+1/t11-,13?/m1/s1. The Morgan fingerprint density at radius 3 is 2.61 bits per heavy atom. The zero-order valence-electron chi connectivity index (χ0n) is 15.8. The highest BCUT2D eigenvalue weighted by molar-refractivity contribution is 7.93. The molecular weight excluding hydrogens is 384 g/mol. The van der Waals surface area contributed by atoms with Crippen molar-refractivity contribution in [3.8, 4) is 0 Å². The van der Waals surface area contributed by atoms with E-state index in [0.717, 1.165) is 17.7 Å². The lowest BCUT2D eigenvalue weighted by Gasteiger charge is -2.27. The van der Waals surface area contributed by atoms with Gasteiger partial charge >= 0.3 is 11.9 Å². The maximum absolute atomic E-state index is 13.0. The fourth-order valence-corrected chi connectivity index (χ4v) is 5.24. The normalized spacial score (nSPS) is 29.0. The molecule has 4 aliphatic rings. The van der Waals surface area contributed by atoms with Crippen LogP contribution < -0.4 is 10.0 Å². The van der Waals surface area contributed by atoms with Gasteiger partial charge in [-0.05, 0) is 44.4 Å². The summed E-state index contributed by atoms with van der Waals surface area (Å²) in [6.45, 7) is 1.92. The third-order valence-corrected chi connectivity index (χ3v) is 7.34. The second kappa shape index (κ2) is 6.35. The van der Waals surface area contributed by atoms with Gasteiger partial charge in [-0.2, -0.15) is 14.3 Å². The number of fused-ring (bicyclic) bond motifs is 1. The van der Waals surface area contributed by atoms with Gasteiger partial charge in [-0.25, -0.2) is 17.9 Å². The van der Waals surface area contributed by atoms with Crippen LogP contribution in [0.2, 0.25) is 0 Å². The summed E-state index contributed by atoms with van der Waals surface area (Å²) in [5.74, 6) is -1.44. The molecule has 4 rings (SSSR count). The first-order chi connectivity index (χ1) is 13.1. The smallest absolute Gasteiger partial charge is 0.349 e. The Bertz CT molecular complexity index is 974. The van der Waals surface area contributed by atoms with E-state index in [1.165, 1.54) is 22.8 Å². The Morgan fingerprint density at radius 1 is 1.29 bits per heavy atom. The second-order valence-corrected chi connectivity index (χ2v) is 9.75. The monoisotopic (exact) mass is 407 g/mol. The quantitative estimate of drug-likeness (QED) is 0.615. The summed E-state index contributed by atoms with van der Waals surface area (Å²) in [6.07, 6.45) is 6.81. The molecule has 150 valence electrons. The van der Waals surface area contributed by atoms with E-state index in [0.29, 0.717) is 18.6 Å². The van der Waals surface area contributed by atoms with Crippen LogP contribution in [0.5, 0.6) is 0 Å². The Labute approximate surface area is 163 Å². The lowest BCUT2D eigenvalue weighted by atomic mass is 9.94. The molecule has 28 heavy (non-hydrogen) atoms. The van der Waals surface area contributed by atoms with E-state index < -0.39 is 33.4 Å². The average Bonchev–Trinajstić information content (AvgIpc) is 3.20. The molecule has 0 spiro atoms. The van der Waals surface area contributed by atoms with Crippen molar-refractivity contribution in [3.63, 3.8) is 0 Å². The van der Waals surface area contributed by atoms with Crippen molar-refractivity contribution in [2.24, 2.45) is 5.92 Å². The molecule has 2 aliphatic heterocycles. The van der Waals surface area contributed by atoms with E-state index in [4.69, 9.17) is 0 Å². The van der Waals surface area contributed by atoms with Crippen molar-refractivity contribution in [3.05, 3.63) is 23.1 Å². The number of nitrogens with zero attached hydrogens (tertiary/aromatic N) is 2. The summed E-state index contributed by atoms with van der Waals surface area (Å²) in [7, 11) is -2.20. The number of carbonyl (C=O) groups excluding carboxylic acids is 3. The van der Waals surface area contributed by atoms with Crippen molar-refractivity contribution in [2.75, 3.05) is 13.6 Å². The SMILES string of the molecule is C[N+]1=C2C=CC(S(=O)(=O)NC3(C)CC3)=CC2C(=O)N(C[C@H]2CCC(=O)N2)C1=O. The number of rotatable bonds is 5. The first-order valence-electron chi connectivity index (χ1n) is 9.29. The number of urea groups is 1. The predicted molar refractivity (Wildman–Crippen MR) is 99.9 cm³/mol. The van der Waals surface area contributed by atoms with Crippen molar-refractivity contribution in [2.45, 2.75) is 44.2 Å². The minimum absolute atomic E-state index is 0.0274. The van der Waals surface area contributed by atoms with Crippen LogP contribution in [-0.2, 0) is 19.6 Å². The van der Waals surface area contributed by atoms with Gasteiger partial charge in [0, 0.05) is 12.0 Å². The minimum Gasteiger partial charge on any atom is -0.349 e. The molecule has 10 heteroatoms. The van der Waals surface area contributed by atoms with Gasteiger partial charge in [0.05, 0.1) is 18.0 Å². The zero-order valence-corrected chi connectivity index (χ0v) is 16.6. The van der Waals surface area contributed by atoms with Crippen LogP contribution >= 0.6 is 0 Å². The molecule has 4 amide bonds. The van der Waals surface area contributed by atoms with Crippen LogP contribution in [0.3, 0.4) is 0 Å². The molecule has 2 fully saturated rings. The van der Waals surface area contributed by atoms with Crippen LogP contribution in [0.25, 0.3) is 0 Å². The summed E-state index contributed by atoms with van der Waals surface area (Å²) < 4.78 is 29.4. The molecule has 0 aromatic rings. The first-order valence-corrected chi connectivity index (χ1v) is 10.8. The van der Waals surface area contributed by atoms with Gasteiger partial charge < -0.3 is 5.32 Å². The van der Waals surface area contributed by atoms with Gasteiger partial charge in [0.25, 0.3) is 0 Å². The molecule has 0 bridgehead atoms. The molecule has 1 saturated heterocycles. The van der Waals surface area contributed by atoms with Crippen LogP contribution in [0.4, 0.5) is 4.79 Å². The molecule has 2 heterocycles. The van der Waals surface area contributed by atoms with Crippen LogP contribution in [0, 0.1) is 5.92 Å². The minimum atomic E-state index is -3.75. The summed E-state index contributed by atoms with van der Waals surface area (Å²) in [6, 6.07) is -0.761. The molecule has 2 aliphatic carbocycles. The van der Waals surface area contributed by atoms with Crippen molar-refractivity contribution < 1.29 is 27.4 Å². The summed E-state index contributed by atoms with van der Waals surface area (Å²) in [4.78, 5) is 38.2. The molecule has 2 N–H and O–H groups in total. The Balaban J connectivity index is 1.62. The van der Waals surface area contributed by atoms with Crippen molar-refractivity contribution in [1.82, 2.24) is 14.9 Å². The van der Waals surface area contributed by atoms with Gasteiger partial charge in [-0.1, -0.05) is 0 Å². The number of hydrogen-bond acceptors (Lipinski definition) is 5. The fraction of sp³-hybridized carbons (Fsp3) is 0.556. The van der Waals surface area contributed by atoms with Gasteiger partial charge in [0.1, 0.15) is 18.2 Å². The van der Waals surface area contributed by atoms with Crippen molar-refractivity contribution >= 4 is 33.6 Å². The van der Waals surface area contributed by atoms with E-state index in [2.05, 4.69) is 10.0 Å². The van der Waals surface area contributed by atoms with Crippen molar-refractivity contribution in [1.29, 1.82) is 0 Å². The molecule has 9 nitrogen and oxygen atoms in total. The van der Waals surface area contributed by atoms with Gasteiger partial charge in [-0.3, -0.25) is 4.79 Å². The highest BCUT2D eigenvalue weighted by atomic mass is 32.2. The molecule has 1 unspecified atom stereocenters. The molecule has 2 atom stereocenters. The third-order valence-electron chi connectivity index (χ3n) is 5.68. The highest BCUT2D eigenvalue weighted by Gasteiger charge is 2.48. The topological polar surface area (TPSA) is 116 Å². The number of nitrogens with one attached hydrogen (secondary N) is 2. The number of amides is 4. The van der Waals surface area contributed by atoms with Gasteiger partial charge in [-0.15, -0.1) is 0 Å². The summed E-state index contributed by atoms with van der Waals surface area (Å²) in [5, 5.41) is 2.75. The maximum Gasteiger partial charge on any atom is 0.500 e. The maximum atomic E-state index is 13.0. The van der Waals surface area contributed by atoms with Crippen LogP contribution in [0.1, 0.15) is 32.6 Å². The average molecular weight is 407 g/mol. The van der Waals surface area contributed by atoms with E-state index in [1.54, 1.807) is 7.05 Å². The summed E-state index contributed by atoms with van der Waals surface area (Å²) >= 11 is 0. The van der Waals surface area contributed by atoms with Gasteiger partial charge in [0.2, 0.25) is 15.9 Å². The molecular formula is C18H23N4O5S+. The molecule has 0 aromatic heterocycles. The fourth-order valence-electron chi connectivity index (χ4n) is 3.70. The number of hydrogen-bond donors (Lipinski definition) is 2. The van der Waals surface area contributed by atoms with E-state index >= 15 is 0 Å². The lowest BCUT2D eigenvalue weighted by molar-refractivity contribution is -0.406. The Morgan fingerprint density at radius 2 is 2.00 bits per heavy atom. The van der Waals surface area contributed by atoms with Gasteiger partial charge in [0.15, 0.2) is 0 Å². The Kier molecular flexibility index (Phi) is 4.31. The Hall–Kier alpha value is -2.33. The van der Waals surface area contributed by atoms with E-state index in [9.17, 15) is 22.8 Å². The van der Waals surface area contributed by atoms with E-state index in [-0.39, 0.29) is 23.4 Å². The summed E-state index contributed by atoms with van der Waals surface area (Å²) in [5.41, 5.74) is 0.0198. The highest BCUT2D eigenvalue weighted by Crippen LogP contribution is 2.36. The third kappa shape index (κ3) is 3.30. The van der Waals surface area contributed by atoms with E-state index in [1.807, 2.05) is 6.92 Å². The first kappa shape index (κ1) is 19.0. The second-order valence-electron chi connectivity index (χ2n) is 8.06. The molecule has 1 saturated carbocycles. The largest absolute Gasteiger partial charge is 0.500 e. The van der Waals surface area contributed by atoms with Crippen LogP contribution in [-0.4, -0.2) is 66.6 Å². The number of imide groups is 1.